The number of nitro groups is 2. The lowest BCUT2D eigenvalue weighted by Crippen LogP contribution is -2.52. The zero-order valence-corrected chi connectivity index (χ0v) is 10.3. The van der Waals surface area contributed by atoms with Gasteiger partial charge in [0.2, 0.25) is 5.91 Å². The van der Waals surface area contributed by atoms with Crippen molar-refractivity contribution in [3.05, 3.63) is 20.2 Å². The lowest BCUT2D eigenvalue weighted by Gasteiger charge is -2.19. The molecule has 0 saturated carbocycles. The number of amides is 1. The van der Waals surface area contributed by atoms with Gasteiger partial charge in [0.05, 0.1) is 11.4 Å². The molecule has 0 spiro atoms. The molecule has 0 aromatic carbocycles. The van der Waals surface area contributed by atoms with Crippen molar-refractivity contribution in [1.29, 1.82) is 0 Å². The molecule has 0 fully saturated rings. The summed E-state index contributed by atoms with van der Waals surface area (Å²) < 4.78 is 0.125. The van der Waals surface area contributed by atoms with Crippen LogP contribution in [0.4, 0.5) is 0 Å². The van der Waals surface area contributed by atoms with E-state index in [2.05, 4.69) is 0 Å². The standard InChI is InChI=1S/C6H10IN3O5/c1-6(9(12)13,10(14)15)4-8(2)5(11)3-7/h3-4H2,1-2H3. The van der Waals surface area contributed by atoms with Crippen LogP contribution in [0.1, 0.15) is 6.92 Å². The maximum atomic E-state index is 11.1. The first-order valence-corrected chi connectivity index (χ1v) is 5.37. The molecule has 0 aromatic heterocycles. The van der Waals surface area contributed by atoms with Gasteiger partial charge in [0.15, 0.2) is 6.54 Å². The van der Waals surface area contributed by atoms with Crippen LogP contribution in [0.25, 0.3) is 0 Å². The van der Waals surface area contributed by atoms with Crippen LogP contribution in [0.5, 0.6) is 0 Å². The Morgan fingerprint density at radius 3 is 2.07 bits per heavy atom. The summed E-state index contributed by atoms with van der Waals surface area (Å²) in [5.41, 5.74) is -2.35. The van der Waals surface area contributed by atoms with Crippen LogP contribution < -0.4 is 0 Å². The molecule has 1 amide bonds. The van der Waals surface area contributed by atoms with Crippen LogP contribution >= 0.6 is 22.6 Å². The van der Waals surface area contributed by atoms with E-state index in [1.165, 1.54) is 7.05 Å². The zero-order chi connectivity index (χ0) is 12.2. The number of hydrogen-bond donors (Lipinski definition) is 0. The Balaban J connectivity index is 4.78. The second-order valence-corrected chi connectivity index (χ2v) is 3.88. The molecule has 0 aliphatic rings. The van der Waals surface area contributed by atoms with Gasteiger partial charge in [0, 0.05) is 7.05 Å². The molecule has 15 heavy (non-hydrogen) atoms. The fourth-order valence-corrected chi connectivity index (χ4v) is 1.40. The van der Waals surface area contributed by atoms with Crippen molar-refractivity contribution in [2.75, 3.05) is 18.0 Å². The van der Waals surface area contributed by atoms with Crippen molar-refractivity contribution in [3.8, 4) is 0 Å². The Labute approximate surface area is 99.1 Å². The van der Waals surface area contributed by atoms with Crippen LogP contribution in [0, 0.1) is 20.2 Å². The minimum absolute atomic E-state index is 0.125. The lowest BCUT2D eigenvalue weighted by molar-refractivity contribution is -0.790. The third-order valence-corrected chi connectivity index (χ3v) is 2.52. The Hall–Kier alpha value is -1.000. The second-order valence-electron chi connectivity index (χ2n) is 3.11. The van der Waals surface area contributed by atoms with Gasteiger partial charge in [-0.15, -0.1) is 0 Å². The molecule has 0 rings (SSSR count). The Kier molecular flexibility index (Phi) is 4.84. The summed E-state index contributed by atoms with van der Waals surface area (Å²) in [5, 5.41) is 21.1. The highest BCUT2D eigenvalue weighted by molar-refractivity contribution is 14.1. The first-order valence-electron chi connectivity index (χ1n) is 3.84. The molecule has 0 aliphatic carbocycles. The first-order chi connectivity index (χ1) is 6.75. The van der Waals surface area contributed by atoms with Gasteiger partial charge in [-0.1, -0.05) is 22.6 Å². The van der Waals surface area contributed by atoms with Gasteiger partial charge in [-0.2, -0.15) is 0 Å². The maximum Gasteiger partial charge on any atom is 0.472 e. The van der Waals surface area contributed by atoms with Crippen molar-refractivity contribution < 1.29 is 14.6 Å². The Morgan fingerprint density at radius 2 is 1.80 bits per heavy atom. The van der Waals surface area contributed by atoms with E-state index in [1.807, 2.05) is 0 Å². The van der Waals surface area contributed by atoms with Crippen molar-refractivity contribution in [3.63, 3.8) is 0 Å². The second kappa shape index (κ2) is 5.19. The molecule has 8 nitrogen and oxygen atoms in total. The van der Waals surface area contributed by atoms with Gasteiger partial charge in [-0.05, 0) is 0 Å². The van der Waals surface area contributed by atoms with Gasteiger partial charge >= 0.3 is 5.66 Å². The Bertz CT molecular complexity index is 280. The number of hydrogen-bond acceptors (Lipinski definition) is 5. The van der Waals surface area contributed by atoms with Crippen molar-refractivity contribution >= 4 is 28.5 Å². The van der Waals surface area contributed by atoms with E-state index in [0.29, 0.717) is 0 Å². The minimum atomic E-state index is -2.35. The van der Waals surface area contributed by atoms with Crippen LogP contribution in [0.2, 0.25) is 0 Å². The van der Waals surface area contributed by atoms with Crippen molar-refractivity contribution in [2.24, 2.45) is 0 Å². The molecule has 0 saturated heterocycles. The molecule has 0 bridgehead atoms. The summed E-state index contributed by atoms with van der Waals surface area (Å²) in [7, 11) is 1.30. The molecule has 0 heterocycles. The van der Waals surface area contributed by atoms with E-state index < -0.39 is 22.1 Å². The largest absolute Gasteiger partial charge is 0.472 e. The molecule has 9 heteroatoms. The molecular formula is C6H10IN3O5. The molecule has 0 unspecified atom stereocenters. The first kappa shape index (κ1) is 14.0. The molecule has 86 valence electrons. The number of alkyl halides is 1. The third-order valence-electron chi connectivity index (χ3n) is 1.86. The van der Waals surface area contributed by atoms with E-state index in [1.54, 1.807) is 22.6 Å². The molecule has 0 aliphatic heterocycles. The summed E-state index contributed by atoms with van der Waals surface area (Å²) in [5.74, 6) is -0.384. The van der Waals surface area contributed by atoms with Gasteiger partial charge in [0.1, 0.15) is 9.85 Å². The number of carbonyl (C=O) groups excluding carboxylic acids is 1. The molecule has 0 N–H and O–H groups in total. The SMILES string of the molecule is CN(CC(C)([N+](=O)[O-])[N+](=O)[O-])C(=O)CI. The summed E-state index contributed by atoms with van der Waals surface area (Å²) in [6.45, 7) is 0.332. The van der Waals surface area contributed by atoms with Crippen molar-refractivity contribution in [2.45, 2.75) is 12.6 Å². The van der Waals surface area contributed by atoms with Crippen molar-refractivity contribution in [1.82, 2.24) is 4.90 Å². The highest BCUT2D eigenvalue weighted by Gasteiger charge is 2.52. The Morgan fingerprint density at radius 1 is 1.40 bits per heavy atom. The summed E-state index contributed by atoms with van der Waals surface area (Å²) in [6, 6.07) is 0. The monoisotopic (exact) mass is 331 g/mol. The average molecular weight is 331 g/mol. The molecule has 0 atom stereocenters. The van der Waals surface area contributed by atoms with E-state index in [-0.39, 0.29) is 10.3 Å². The molecule has 0 radical (unpaired) electrons. The highest BCUT2D eigenvalue weighted by atomic mass is 127. The van der Waals surface area contributed by atoms with E-state index in [4.69, 9.17) is 0 Å². The summed E-state index contributed by atoms with van der Waals surface area (Å²) >= 11 is 1.78. The summed E-state index contributed by atoms with van der Waals surface area (Å²) in [4.78, 5) is 31.2. The fourth-order valence-electron chi connectivity index (χ4n) is 0.822. The van der Waals surface area contributed by atoms with E-state index in [0.717, 1.165) is 11.8 Å². The van der Waals surface area contributed by atoms with E-state index >= 15 is 0 Å². The van der Waals surface area contributed by atoms with Gasteiger partial charge in [0.25, 0.3) is 0 Å². The normalized spacial score (nSPS) is 10.9. The smallest absolute Gasteiger partial charge is 0.331 e. The van der Waals surface area contributed by atoms with Gasteiger partial charge in [-0.3, -0.25) is 25.0 Å². The van der Waals surface area contributed by atoms with Crippen LogP contribution in [-0.2, 0) is 4.79 Å². The topological polar surface area (TPSA) is 107 Å². The molecular weight excluding hydrogens is 321 g/mol. The fraction of sp³-hybridized carbons (Fsp3) is 0.833. The quantitative estimate of drug-likeness (QED) is 0.234. The number of halogens is 1. The number of carbonyl (C=O) groups is 1. The molecule has 0 aromatic rings. The predicted molar refractivity (Wildman–Crippen MR) is 58.9 cm³/mol. The third kappa shape index (κ3) is 3.25. The number of nitrogens with zero attached hydrogens (tertiary/aromatic N) is 3. The van der Waals surface area contributed by atoms with Gasteiger partial charge < -0.3 is 4.90 Å². The van der Waals surface area contributed by atoms with E-state index in [9.17, 15) is 25.0 Å². The van der Waals surface area contributed by atoms with Crippen LogP contribution in [-0.4, -0.2) is 44.3 Å². The number of likely N-dealkylation sites (N-methyl/N-ethyl adjacent to an activating group) is 1. The number of rotatable bonds is 5. The zero-order valence-electron chi connectivity index (χ0n) is 8.18. The minimum Gasteiger partial charge on any atom is -0.331 e. The van der Waals surface area contributed by atoms with Crippen LogP contribution in [0.3, 0.4) is 0 Å². The lowest BCUT2D eigenvalue weighted by atomic mass is 10.2. The highest BCUT2D eigenvalue weighted by Crippen LogP contribution is 2.12. The van der Waals surface area contributed by atoms with Crippen LogP contribution in [0.15, 0.2) is 0 Å². The predicted octanol–water partition coefficient (Wildman–Crippen LogP) is 0.149. The van der Waals surface area contributed by atoms with Gasteiger partial charge in [-0.25, -0.2) is 0 Å². The average Bonchev–Trinajstić information content (AvgIpc) is 2.15. The summed E-state index contributed by atoms with van der Waals surface area (Å²) in [6.07, 6.45) is 0. The maximum absolute atomic E-state index is 11.1.